The Morgan fingerprint density at radius 3 is 2.45 bits per heavy atom. The smallest absolute Gasteiger partial charge is 0.232 e. The van der Waals surface area contributed by atoms with Crippen LogP contribution in [0, 0.1) is 0 Å². The minimum Gasteiger partial charge on any atom is -0.267 e. The van der Waals surface area contributed by atoms with E-state index in [-0.39, 0.29) is 6.04 Å². The first-order valence-corrected chi connectivity index (χ1v) is 9.24. The average molecular weight is 311 g/mol. The highest BCUT2D eigenvalue weighted by molar-refractivity contribution is 7.92. The molecule has 0 aromatic heterocycles. The molecular formula is C18H17NO2S. The molecule has 3 aromatic carbocycles. The number of hydrogen-bond donors (Lipinski definition) is 0. The molecule has 1 unspecified atom stereocenters. The third-order valence-corrected chi connectivity index (χ3v) is 5.76. The van der Waals surface area contributed by atoms with Gasteiger partial charge in [-0.15, -0.1) is 0 Å². The van der Waals surface area contributed by atoms with Gasteiger partial charge in [-0.25, -0.2) is 8.42 Å². The van der Waals surface area contributed by atoms with Gasteiger partial charge in [0.2, 0.25) is 10.0 Å². The van der Waals surface area contributed by atoms with E-state index in [1.165, 1.54) is 27.8 Å². The number of benzene rings is 3. The van der Waals surface area contributed by atoms with Crippen LogP contribution in [0.2, 0.25) is 0 Å². The Bertz CT molecular complexity index is 1010. The molecule has 1 atom stereocenters. The summed E-state index contributed by atoms with van der Waals surface area (Å²) in [5, 5.41) is 4.74. The van der Waals surface area contributed by atoms with E-state index in [1.807, 2.05) is 31.2 Å². The molecule has 0 spiro atoms. The Hall–Kier alpha value is -2.07. The SMILES string of the molecule is CC1Cc2c(ccc3ccc4ccccc4c23)N1S(C)(=O)=O. The summed E-state index contributed by atoms with van der Waals surface area (Å²) in [6.07, 6.45) is 2.04. The molecule has 22 heavy (non-hydrogen) atoms. The van der Waals surface area contributed by atoms with Crippen LogP contribution in [0.4, 0.5) is 5.69 Å². The molecule has 112 valence electrons. The molecular weight excluding hydrogens is 294 g/mol. The summed E-state index contributed by atoms with van der Waals surface area (Å²) in [5.41, 5.74) is 1.98. The van der Waals surface area contributed by atoms with E-state index in [4.69, 9.17) is 0 Å². The van der Waals surface area contributed by atoms with Crippen LogP contribution in [0.25, 0.3) is 21.5 Å². The van der Waals surface area contributed by atoms with Crippen molar-refractivity contribution < 1.29 is 8.42 Å². The lowest BCUT2D eigenvalue weighted by Gasteiger charge is -2.22. The van der Waals surface area contributed by atoms with Crippen molar-refractivity contribution in [1.29, 1.82) is 0 Å². The van der Waals surface area contributed by atoms with Gasteiger partial charge in [-0.2, -0.15) is 0 Å². The van der Waals surface area contributed by atoms with Crippen LogP contribution in [0.1, 0.15) is 12.5 Å². The van der Waals surface area contributed by atoms with E-state index in [0.717, 1.165) is 17.7 Å². The number of nitrogens with zero attached hydrogens (tertiary/aromatic N) is 1. The summed E-state index contributed by atoms with van der Waals surface area (Å²) in [7, 11) is -3.25. The zero-order chi connectivity index (χ0) is 15.5. The fourth-order valence-electron chi connectivity index (χ4n) is 3.70. The summed E-state index contributed by atoms with van der Waals surface area (Å²) in [6.45, 7) is 1.97. The number of rotatable bonds is 1. The van der Waals surface area contributed by atoms with Crippen molar-refractivity contribution in [3.63, 3.8) is 0 Å². The molecule has 4 rings (SSSR count). The fourth-order valence-corrected chi connectivity index (χ4v) is 4.95. The van der Waals surface area contributed by atoms with Crippen LogP contribution in [0.5, 0.6) is 0 Å². The number of sulfonamides is 1. The van der Waals surface area contributed by atoms with Crippen LogP contribution < -0.4 is 4.31 Å². The summed E-state index contributed by atoms with van der Waals surface area (Å²) in [6, 6.07) is 16.5. The number of hydrogen-bond acceptors (Lipinski definition) is 2. The van der Waals surface area contributed by atoms with Gasteiger partial charge in [-0.05, 0) is 46.5 Å². The van der Waals surface area contributed by atoms with E-state index in [2.05, 4.69) is 24.3 Å². The van der Waals surface area contributed by atoms with Crippen molar-refractivity contribution in [3.8, 4) is 0 Å². The number of fused-ring (bicyclic) bond motifs is 5. The zero-order valence-corrected chi connectivity index (χ0v) is 13.4. The van der Waals surface area contributed by atoms with E-state index >= 15 is 0 Å². The van der Waals surface area contributed by atoms with Gasteiger partial charge in [0.25, 0.3) is 0 Å². The first kappa shape index (κ1) is 13.6. The van der Waals surface area contributed by atoms with Crippen molar-refractivity contribution in [3.05, 3.63) is 54.1 Å². The van der Waals surface area contributed by atoms with Gasteiger partial charge in [0, 0.05) is 6.04 Å². The third kappa shape index (κ3) is 1.83. The van der Waals surface area contributed by atoms with Gasteiger partial charge < -0.3 is 0 Å². The highest BCUT2D eigenvalue weighted by Gasteiger charge is 2.33. The van der Waals surface area contributed by atoms with Crippen molar-refractivity contribution in [2.24, 2.45) is 0 Å². The number of anilines is 1. The van der Waals surface area contributed by atoms with Crippen LogP contribution in [-0.2, 0) is 16.4 Å². The van der Waals surface area contributed by atoms with Gasteiger partial charge in [0.15, 0.2) is 0 Å². The average Bonchev–Trinajstić information content (AvgIpc) is 2.82. The first-order chi connectivity index (χ1) is 10.5. The largest absolute Gasteiger partial charge is 0.267 e. The molecule has 3 aromatic rings. The van der Waals surface area contributed by atoms with Crippen LogP contribution in [-0.4, -0.2) is 20.7 Å². The van der Waals surface area contributed by atoms with E-state index in [9.17, 15) is 8.42 Å². The molecule has 3 nitrogen and oxygen atoms in total. The molecule has 0 saturated carbocycles. The van der Waals surface area contributed by atoms with Crippen LogP contribution >= 0.6 is 0 Å². The second-order valence-electron chi connectivity index (χ2n) is 6.06. The van der Waals surface area contributed by atoms with Gasteiger partial charge in [0.05, 0.1) is 11.9 Å². The molecule has 0 bridgehead atoms. The molecule has 0 radical (unpaired) electrons. The Morgan fingerprint density at radius 1 is 1.00 bits per heavy atom. The van der Waals surface area contributed by atoms with E-state index < -0.39 is 10.0 Å². The highest BCUT2D eigenvalue weighted by Crippen LogP contribution is 2.41. The van der Waals surface area contributed by atoms with Crippen molar-refractivity contribution >= 4 is 37.3 Å². The van der Waals surface area contributed by atoms with E-state index in [1.54, 1.807) is 4.31 Å². The molecule has 0 saturated heterocycles. The maximum Gasteiger partial charge on any atom is 0.232 e. The van der Waals surface area contributed by atoms with Gasteiger partial charge >= 0.3 is 0 Å². The minimum absolute atomic E-state index is 0.0328. The first-order valence-electron chi connectivity index (χ1n) is 7.39. The quantitative estimate of drug-likeness (QED) is 0.643. The predicted octanol–water partition coefficient (Wildman–Crippen LogP) is 3.70. The highest BCUT2D eigenvalue weighted by atomic mass is 32.2. The second-order valence-corrected chi connectivity index (χ2v) is 7.92. The zero-order valence-electron chi connectivity index (χ0n) is 12.6. The molecule has 4 heteroatoms. The summed E-state index contributed by atoms with van der Waals surface area (Å²) in [5.74, 6) is 0. The Labute approximate surface area is 130 Å². The molecule has 0 N–H and O–H groups in total. The lowest BCUT2D eigenvalue weighted by molar-refractivity contribution is 0.590. The molecule has 0 fully saturated rings. The maximum atomic E-state index is 12.1. The van der Waals surface area contributed by atoms with Crippen molar-refractivity contribution in [2.45, 2.75) is 19.4 Å². The van der Waals surface area contributed by atoms with Gasteiger partial charge in [0.1, 0.15) is 0 Å². The Kier molecular flexibility index (Phi) is 2.76. The molecule has 1 aliphatic heterocycles. The van der Waals surface area contributed by atoms with Crippen molar-refractivity contribution in [2.75, 3.05) is 10.6 Å². The topological polar surface area (TPSA) is 37.4 Å². The molecule has 1 aliphatic rings. The summed E-state index contributed by atoms with van der Waals surface area (Å²) >= 11 is 0. The molecule has 0 amide bonds. The lowest BCUT2D eigenvalue weighted by atomic mass is 9.96. The molecule has 1 heterocycles. The monoisotopic (exact) mass is 311 g/mol. The van der Waals surface area contributed by atoms with Crippen LogP contribution in [0.15, 0.2) is 48.5 Å². The second kappa shape index (κ2) is 4.46. The van der Waals surface area contributed by atoms with Crippen LogP contribution in [0.3, 0.4) is 0 Å². The fraction of sp³-hybridized carbons (Fsp3) is 0.222. The van der Waals surface area contributed by atoms with Gasteiger partial charge in [-0.1, -0.05) is 42.5 Å². The Morgan fingerprint density at radius 2 is 1.68 bits per heavy atom. The van der Waals surface area contributed by atoms with E-state index in [0.29, 0.717) is 0 Å². The standard InChI is InChI=1S/C18H17NO2S/c1-12-11-16-17(19(12)22(2,20)21)10-9-14-8-7-13-5-3-4-6-15(13)18(14)16/h3-10,12H,11H2,1-2H3. The summed E-state index contributed by atoms with van der Waals surface area (Å²) in [4.78, 5) is 0. The van der Waals surface area contributed by atoms with Gasteiger partial charge in [-0.3, -0.25) is 4.31 Å². The lowest BCUT2D eigenvalue weighted by Crippen LogP contribution is -2.34. The molecule has 0 aliphatic carbocycles. The Balaban J connectivity index is 2.13. The maximum absolute atomic E-state index is 12.1. The minimum atomic E-state index is -3.25. The van der Waals surface area contributed by atoms with Crippen molar-refractivity contribution in [1.82, 2.24) is 0 Å². The third-order valence-electron chi connectivity index (χ3n) is 4.49. The predicted molar refractivity (Wildman–Crippen MR) is 91.9 cm³/mol. The normalized spacial score (nSPS) is 18.1. The summed E-state index contributed by atoms with van der Waals surface area (Å²) < 4.78 is 25.8.